The van der Waals surface area contributed by atoms with Crippen LogP contribution in [0.25, 0.3) is 0 Å². The summed E-state index contributed by atoms with van der Waals surface area (Å²) in [4.78, 5) is 4.22. The molecule has 112 valence electrons. The van der Waals surface area contributed by atoms with Crippen LogP contribution in [0.2, 0.25) is 0 Å². The average Bonchev–Trinajstić information content (AvgIpc) is 3.14. The van der Waals surface area contributed by atoms with Crippen molar-refractivity contribution in [2.45, 2.75) is 38.3 Å². The molecule has 6 nitrogen and oxygen atoms in total. The van der Waals surface area contributed by atoms with Crippen LogP contribution in [0, 0.1) is 0 Å². The van der Waals surface area contributed by atoms with Gasteiger partial charge in [-0.2, -0.15) is 5.10 Å². The minimum Gasteiger partial charge on any atom is -0.378 e. The molecule has 1 atom stereocenters. The second kappa shape index (κ2) is 8.58. The van der Waals surface area contributed by atoms with E-state index in [9.17, 15) is 0 Å². The molecule has 6 heteroatoms. The van der Waals surface area contributed by atoms with Gasteiger partial charge in [0.15, 0.2) is 5.96 Å². The molecule has 1 aliphatic rings. The summed E-state index contributed by atoms with van der Waals surface area (Å²) in [6.45, 7) is 3.64. The van der Waals surface area contributed by atoms with Crippen molar-refractivity contribution in [1.82, 2.24) is 20.4 Å². The SMILES string of the molecule is CN=C(NCCCn1cccn1)NCCC1CCCO1. The molecule has 2 N–H and O–H groups in total. The molecule has 0 amide bonds. The van der Waals surface area contributed by atoms with E-state index in [0.29, 0.717) is 6.10 Å². The molecule has 1 saturated heterocycles. The molecule has 1 aromatic rings. The van der Waals surface area contributed by atoms with Crippen LogP contribution in [0.3, 0.4) is 0 Å². The average molecular weight is 279 g/mol. The maximum Gasteiger partial charge on any atom is 0.190 e. The zero-order valence-electron chi connectivity index (χ0n) is 12.2. The third-order valence-electron chi connectivity index (χ3n) is 3.42. The highest BCUT2D eigenvalue weighted by Crippen LogP contribution is 2.14. The number of aryl methyl sites for hydroxylation is 1. The largest absolute Gasteiger partial charge is 0.378 e. The molecule has 0 aromatic carbocycles. The number of hydrogen-bond acceptors (Lipinski definition) is 3. The Balaban J connectivity index is 1.53. The molecule has 0 saturated carbocycles. The number of aliphatic imine (C=N–C) groups is 1. The molecule has 1 fully saturated rings. The first-order valence-electron chi connectivity index (χ1n) is 7.42. The Bertz CT molecular complexity index is 384. The molecular weight excluding hydrogens is 254 g/mol. The lowest BCUT2D eigenvalue weighted by Gasteiger charge is -2.14. The van der Waals surface area contributed by atoms with Crippen molar-refractivity contribution in [2.24, 2.45) is 4.99 Å². The molecule has 20 heavy (non-hydrogen) atoms. The molecule has 0 spiro atoms. The van der Waals surface area contributed by atoms with E-state index in [1.54, 1.807) is 13.2 Å². The van der Waals surface area contributed by atoms with E-state index >= 15 is 0 Å². The molecular formula is C14H25N5O. The van der Waals surface area contributed by atoms with E-state index in [0.717, 1.165) is 45.0 Å². The van der Waals surface area contributed by atoms with Crippen LogP contribution in [0.1, 0.15) is 25.7 Å². The Morgan fingerprint density at radius 2 is 2.35 bits per heavy atom. The molecule has 1 aromatic heterocycles. The minimum absolute atomic E-state index is 0.431. The van der Waals surface area contributed by atoms with Gasteiger partial charge < -0.3 is 15.4 Å². The van der Waals surface area contributed by atoms with E-state index in [1.165, 1.54) is 12.8 Å². The normalized spacial score (nSPS) is 19.2. The number of aromatic nitrogens is 2. The molecule has 1 aliphatic heterocycles. The predicted molar refractivity (Wildman–Crippen MR) is 79.8 cm³/mol. The van der Waals surface area contributed by atoms with Gasteiger partial charge in [0.25, 0.3) is 0 Å². The molecule has 2 rings (SSSR count). The van der Waals surface area contributed by atoms with Crippen molar-refractivity contribution >= 4 is 5.96 Å². The van der Waals surface area contributed by atoms with Crippen molar-refractivity contribution in [3.05, 3.63) is 18.5 Å². The number of rotatable bonds is 7. The van der Waals surface area contributed by atoms with Crippen molar-refractivity contribution in [2.75, 3.05) is 26.7 Å². The Kier molecular flexibility index (Phi) is 6.37. The first-order valence-corrected chi connectivity index (χ1v) is 7.42. The summed E-state index contributed by atoms with van der Waals surface area (Å²) in [5, 5.41) is 10.8. The zero-order chi connectivity index (χ0) is 14.0. The monoisotopic (exact) mass is 279 g/mol. The minimum atomic E-state index is 0.431. The Morgan fingerprint density at radius 1 is 1.45 bits per heavy atom. The van der Waals surface area contributed by atoms with Gasteiger partial charge in [0.05, 0.1) is 6.10 Å². The quantitative estimate of drug-likeness (QED) is 0.444. The number of hydrogen-bond donors (Lipinski definition) is 2. The van der Waals surface area contributed by atoms with Gasteiger partial charge in [0, 0.05) is 45.7 Å². The second-order valence-electron chi connectivity index (χ2n) is 4.97. The summed E-state index contributed by atoms with van der Waals surface area (Å²) < 4.78 is 7.54. The third kappa shape index (κ3) is 5.21. The topological polar surface area (TPSA) is 63.5 Å². The van der Waals surface area contributed by atoms with Crippen molar-refractivity contribution in [3.8, 4) is 0 Å². The molecule has 0 bridgehead atoms. The lowest BCUT2D eigenvalue weighted by Crippen LogP contribution is -2.39. The van der Waals surface area contributed by atoms with Crippen LogP contribution in [0.5, 0.6) is 0 Å². The van der Waals surface area contributed by atoms with E-state index in [1.807, 2.05) is 16.9 Å². The van der Waals surface area contributed by atoms with E-state index in [-0.39, 0.29) is 0 Å². The first-order chi connectivity index (χ1) is 9.88. The van der Waals surface area contributed by atoms with Gasteiger partial charge in [-0.25, -0.2) is 0 Å². The fraction of sp³-hybridized carbons (Fsp3) is 0.714. The molecule has 2 heterocycles. The summed E-state index contributed by atoms with van der Waals surface area (Å²) in [5.74, 6) is 0.864. The summed E-state index contributed by atoms with van der Waals surface area (Å²) in [6, 6.07) is 1.94. The second-order valence-corrected chi connectivity index (χ2v) is 4.97. The summed E-state index contributed by atoms with van der Waals surface area (Å²) >= 11 is 0. The van der Waals surface area contributed by atoms with Gasteiger partial charge >= 0.3 is 0 Å². The van der Waals surface area contributed by atoms with Crippen LogP contribution < -0.4 is 10.6 Å². The highest BCUT2D eigenvalue weighted by molar-refractivity contribution is 5.79. The van der Waals surface area contributed by atoms with Gasteiger partial charge in [0.2, 0.25) is 0 Å². The van der Waals surface area contributed by atoms with Gasteiger partial charge in [-0.3, -0.25) is 9.67 Å². The maximum atomic E-state index is 5.60. The molecule has 0 aliphatic carbocycles. The van der Waals surface area contributed by atoms with Crippen molar-refractivity contribution in [3.63, 3.8) is 0 Å². The fourth-order valence-corrected chi connectivity index (χ4v) is 2.32. The third-order valence-corrected chi connectivity index (χ3v) is 3.42. The van der Waals surface area contributed by atoms with Crippen LogP contribution in [0.15, 0.2) is 23.5 Å². The van der Waals surface area contributed by atoms with Crippen LogP contribution in [0.4, 0.5) is 0 Å². The van der Waals surface area contributed by atoms with E-state index < -0.39 is 0 Å². The van der Waals surface area contributed by atoms with Crippen molar-refractivity contribution in [1.29, 1.82) is 0 Å². The van der Waals surface area contributed by atoms with E-state index in [2.05, 4.69) is 20.7 Å². The van der Waals surface area contributed by atoms with Gasteiger partial charge in [-0.05, 0) is 31.7 Å². The van der Waals surface area contributed by atoms with E-state index in [4.69, 9.17) is 4.74 Å². The summed E-state index contributed by atoms with van der Waals surface area (Å²) in [6.07, 6.45) is 8.68. The first kappa shape index (κ1) is 14.8. The Labute approximate surface area is 120 Å². The fourth-order valence-electron chi connectivity index (χ4n) is 2.32. The number of guanidine groups is 1. The highest BCUT2D eigenvalue weighted by Gasteiger charge is 2.14. The lowest BCUT2D eigenvalue weighted by atomic mass is 10.2. The van der Waals surface area contributed by atoms with Crippen LogP contribution >= 0.6 is 0 Å². The smallest absolute Gasteiger partial charge is 0.190 e. The van der Waals surface area contributed by atoms with Gasteiger partial charge in [-0.15, -0.1) is 0 Å². The maximum absolute atomic E-state index is 5.60. The number of ether oxygens (including phenoxy) is 1. The van der Waals surface area contributed by atoms with Crippen LogP contribution in [-0.4, -0.2) is 48.6 Å². The lowest BCUT2D eigenvalue weighted by molar-refractivity contribution is 0.105. The van der Waals surface area contributed by atoms with Gasteiger partial charge in [0.1, 0.15) is 0 Å². The highest BCUT2D eigenvalue weighted by atomic mass is 16.5. The molecule has 0 radical (unpaired) electrons. The molecule has 1 unspecified atom stereocenters. The number of nitrogens with zero attached hydrogens (tertiary/aromatic N) is 3. The standard InChI is InChI=1S/C14H25N5O/c1-15-14(17-9-6-13-5-2-12-20-13)16-7-3-10-19-11-4-8-18-19/h4,8,11,13H,2-3,5-7,9-10,12H2,1H3,(H2,15,16,17). The predicted octanol–water partition coefficient (Wildman–Crippen LogP) is 1.01. The van der Waals surface area contributed by atoms with Gasteiger partial charge in [-0.1, -0.05) is 0 Å². The van der Waals surface area contributed by atoms with Crippen molar-refractivity contribution < 1.29 is 4.74 Å². The Morgan fingerprint density at radius 3 is 3.05 bits per heavy atom. The summed E-state index contributed by atoms with van der Waals surface area (Å²) in [7, 11) is 1.80. The summed E-state index contributed by atoms with van der Waals surface area (Å²) in [5.41, 5.74) is 0. The number of nitrogens with one attached hydrogen (secondary N) is 2. The Hall–Kier alpha value is -1.56. The zero-order valence-corrected chi connectivity index (χ0v) is 12.2. The van der Waals surface area contributed by atoms with Crippen LogP contribution in [-0.2, 0) is 11.3 Å².